The van der Waals surface area contributed by atoms with E-state index in [2.05, 4.69) is 41.6 Å². The van der Waals surface area contributed by atoms with Crippen LogP contribution >= 0.6 is 0 Å². The second kappa shape index (κ2) is 16.6. The molecule has 6 saturated heterocycles. The van der Waals surface area contributed by atoms with Crippen molar-refractivity contribution in [2.45, 2.75) is 100.0 Å². The van der Waals surface area contributed by atoms with Crippen LogP contribution < -0.4 is 21.2 Å². The number of aromatic nitrogens is 7. The van der Waals surface area contributed by atoms with Crippen LogP contribution in [0.25, 0.3) is 16.7 Å². The largest absolute Gasteiger partial charge is 0.372 e. The van der Waals surface area contributed by atoms with Crippen LogP contribution in [0.5, 0.6) is 0 Å². The highest BCUT2D eigenvalue weighted by atomic mass is 19.3. The molecular weight excluding hydrogens is 867 g/mol. The van der Waals surface area contributed by atoms with Crippen LogP contribution in [0.2, 0.25) is 0 Å². The summed E-state index contributed by atoms with van der Waals surface area (Å²) in [4.78, 5) is 63.5. The number of imidazole rings is 1. The summed E-state index contributed by atoms with van der Waals surface area (Å²) < 4.78 is 47.1. The lowest BCUT2D eigenvalue weighted by Crippen LogP contribution is -2.71. The molecule has 20 heteroatoms. The van der Waals surface area contributed by atoms with Gasteiger partial charge in [0, 0.05) is 58.6 Å². The summed E-state index contributed by atoms with van der Waals surface area (Å²) in [6.07, 6.45) is 9.22. The highest BCUT2D eigenvalue weighted by Crippen LogP contribution is 2.42. The lowest BCUT2D eigenvalue weighted by atomic mass is 9.82. The van der Waals surface area contributed by atoms with E-state index in [0.29, 0.717) is 36.4 Å². The van der Waals surface area contributed by atoms with Gasteiger partial charge in [0.2, 0.25) is 11.8 Å². The van der Waals surface area contributed by atoms with Crippen LogP contribution in [0, 0.1) is 11.8 Å². The number of imide groups is 1. The Kier molecular flexibility index (Phi) is 10.6. The summed E-state index contributed by atoms with van der Waals surface area (Å²) in [5, 5.41) is 13.7. The predicted octanol–water partition coefficient (Wildman–Crippen LogP) is 4.04. The van der Waals surface area contributed by atoms with Gasteiger partial charge in [-0.05, 0) is 99.9 Å². The van der Waals surface area contributed by atoms with E-state index in [1.54, 1.807) is 33.3 Å². The molecule has 12 rings (SSSR count). The van der Waals surface area contributed by atoms with Gasteiger partial charge in [-0.2, -0.15) is 10.2 Å². The van der Waals surface area contributed by atoms with E-state index in [1.807, 2.05) is 18.2 Å². The number of nitrogens with one attached hydrogen (secondary N) is 2. The summed E-state index contributed by atoms with van der Waals surface area (Å²) in [6, 6.07) is 7.42. The van der Waals surface area contributed by atoms with Crippen LogP contribution in [0.1, 0.15) is 104 Å². The number of benzene rings is 1. The van der Waals surface area contributed by atoms with Gasteiger partial charge in [-0.3, -0.25) is 38.4 Å². The maximum absolute atomic E-state index is 14.3. The fraction of sp³-hybridized carbons (Fsp3) is 0.596. The summed E-state index contributed by atoms with van der Waals surface area (Å²) >= 11 is 0. The van der Waals surface area contributed by atoms with Gasteiger partial charge < -0.3 is 24.6 Å². The summed E-state index contributed by atoms with van der Waals surface area (Å²) in [6.45, 7) is 7.97. The van der Waals surface area contributed by atoms with E-state index in [1.165, 1.54) is 10.7 Å². The third kappa shape index (κ3) is 7.54. The third-order valence-electron chi connectivity index (χ3n) is 16.0. The maximum Gasteiger partial charge on any atom is 0.329 e. The summed E-state index contributed by atoms with van der Waals surface area (Å²) in [5.74, 6) is 0.731. The van der Waals surface area contributed by atoms with E-state index in [0.717, 1.165) is 120 Å². The monoisotopic (exact) mass is 922 g/mol. The lowest BCUT2D eigenvalue weighted by molar-refractivity contribution is -0.135. The Morgan fingerprint density at radius 2 is 1.79 bits per heavy atom. The second-order valence-corrected chi connectivity index (χ2v) is 20.2. The van der Waals surface area contributed by atoms with Crippen molar-refractivity contribution in [2.24, 2.45) is 18.9 Å². The number of nitrogens with zero attached hydrogens (tertiary/aromatic N) is 10. The molecule has 2 N–H and O–H groups in total. The van der Waals surface area contributed by atoms with Gasteiger partial charge >= 0.3 is 5.69 Å². The van der Waals surface area contributed by atoms with E-state index in [9.17, 15) is 28.0 Å². The number of rotatable bonds is 11. The van der Waals surface area contributed by atoms with Crippen molar-refractivity contribution in [3.8, 4) is 0 Å². The number of likely N-dealkylation sites (tertiary alicyclic amines) is 2. The molecule has 0 radical (unpaired) electrons. The topological polar surface area (TPSA) is 178 Å². The molecule has 4 atom stereocenters. The zero-order valence-corrected chi connectivity index (χ0v) is 37.6. The normalized spacial score (nSPS) is 27.9. The van der Waals surface area contributed by atoms with E-state index in [4.69, 9.17) is 14.5 Å². The standard InChI is InChI=1S/C47H56F2N12O6/c1-55-41-31(3-2-4-34(41)61(46(55)65)35-9-10-39(62)53-45(35)64)29-11-14-56(15-12-29)20-28-17-47(67-23-28)25-57(26-47)19-27-5-7-30(8-6-27)60-21-33(40(54-60)42(48)49)51-44(63)32-18-50-59-16-13-38(52-43(32)59)58-22-37-36(58)24-66-37/h2-4,13,16,18,21,27-30,35-37,42H,5-12,14-15,17,19-20,22-26H2,1H3,(H,51,63)(H,53,62,64)/t27-,28?,30-,35?,36-,37?/m0/s1. The maximum atomic E-state index is 14.3. The highest BCUT2D eigenvalue weighted by Gasteiger charge is 2.50. The SMILES string of the molecule is Cn1c(=O)n(C2CCC(=O)NC2=O)c2cccc(C3CCN(CC4COC5(C4)CN(C[C@H]4CC[C@H](n6cc(NC(=O)c7cnn8ccc(N9CC%10OC[C@@H]%109)nc78)c(C(F)F)n6)CC4)C5)CC3)c21. The van der Waals surface area contributed by atoms with Crippen molar-refractivity contribution in [2.75, 3.05) is 69.2 Å². The van der Waals surface area contributed by atoms with Crippen LogP contribution in [-0.4, -0.2) is 138 Å². The molecule has 5 aromatic rings. The van der Waals surface area contributed by atoms with Gasteiger partial charge in [0.05, 0.1) is 59.9 Å². The molecule has 1 spiro atoms. The van der Waals surface area contributed by atoms with Gasteiger partial charge in [-0.1, -0.05) is 12.1 Å². The Labute approximate surface area is 384 Å². The van der Waals surface area contributed by atoms with Crippen molar-refractivity contribution < 1.29 is 32.6 Å². The molecule has 4 aromatic heterocycles. The van der Waals surface area contributed by atoms with Crippen LogP contribution in [0.4, 0.5) is 20.3 Å². The first-order valence-corrected chi connectivity index (χ1v) is 24.0. The molecule has 1 aliphatic carbocycles. The van der Waals surface area contributed by atoms with Crippen LogP contribution in [0.3, 0.4) is 0 Å². The number of amides is 3. The number of piperidine rings is 2. The molecule has 18 nitrogen and oxygen atoms in total. The van der Waals surface area contributed by atoms with Crippen molar-refractivity contribution in [3.05, 3.63) is 70.2 Å². The predicted molar refractivity (Wildman–Crippen MR) is 240 cm³/mol. The number of hydrogen-bond acceptors (Lipinski definition) is 12. The fourth-order valence-electron chi connectivity index (χ4n) is 12.4. The van der Waals surface area contributed by atoms with Crippen molar-refractivity contribution in [1.29, 1.82) is 0 Å². The van der Waals surface area contributed by atoms with Crippen molar-refractivity contribution >= 4 is 45.9 Å². The minimum atomic E-state index is -2.85. The number of fused-ring (bicyclic) bond motifs is 3. The minimum absolute atomic E-state index is 0.00323. The quantitative estimate of drug-likeness (QED) is 0.182. The Hall–Kier alpha value is -5.57. The van der Waals surface area contributed by atoms with Gasteiger partial charge in [0.1, 0.15) is 17.4 Å². The van der Waals surface area contributed by atoms with Crippen molar-refractivity contribution in [3.63, 3.8) is 0 Å². The molecule has 6 aliphatic heterocycles. The number of hydrogen-bond donors (Lipinski definition) is 2. The Morgan fingerprint density at radius 3 is 2.52 bits per heavy atom. The molecule has 1 saturated carbocycles. The minimum Gasteiger partial charge on any atom is -0.372 e. The number of morpholine rings is 1. The van der Waals surface area contributed by atoms with Gasteiger partial charge in [-0.15, -0.1) is 0 Å². The Balaban J connectivity index is 0.606. The highest BCUT2D eigenvalue weighted by molar-refractivity contribution is 6.08. The summed E-state index contributed by atoms with van der Waals surface area (Å²) in [5.41, 5.74) is 2.57. The third-order valence-corrected chi connectivity index (χ3v) is 16.0. The molecule has 3 amide bonds. The molecule has 7 fully saturated rings. The fourth-order valence-corrected chi connectivity index (χ4v) is 12.4. The van der Waals surface area contributed by atoms with Crippen LogP contribution in [-0.2, 0) is 26.1 Å². The first kappa shape index (κ1) is 42.8. The van der Waals surface area contributed by atoms with E-state index < -0.39 is 30.0 Å². The number of carbonyl (C=O) groups excluding carboxylic acids is 3. The number of halogens is 2. The first-order chi connectivity index (χ1) is 32.5. The molecule has 0 bridgehead atoms. The number of carbonyl (C=O) groups is 3. The lowest BCUT2D eigenvalue weighted by Gasteiger charge is -2.55. The van der Waals surface area contributed by atoms with Crippen molar-refractivity contribution in [1.82, 2.24) is 48.6 Å². The smallest absolute Gasteiger partial charge is 0.329 e. The van der Waals surface area contributed by atoms with Crippen LogP contribution in [0.15, 0.2) is 47.7 Å². The number of alkyl halides is 2. The van der Waals surface area contributed by atoms with E-state index >= 15 is 0 Å². The number of para-hydroxylation sites is 1. The number of anilines is 2. The average Bonchev–Trinajstić information content (AvgIpc) is 4.09. The van der Waals surface area contributed by atoms with E-state index in [-0.39, 0.29) is 53.1 Å². The molecule has 10 heterocycles. The van der Waals surface area contributed by atoms with Gasteiger partial charge in [-0.25, -0.2) is 23.1 Å². The molecule has 7 aliphatic rings. The Bertz CT molecular complexity index is 2820. The number of aryl methyl sites for hydroxylation is 1. The molecule has 67 heavy (non-hydrogen) atoms. The average molecular weight is 923 g/mol. The zero-order chi connectivity index (χ0) is 45.7. The second-order valence-electron chi connectivity index (χ2n) is 20.2. The molecule has 3 unspecified atom stereocenters. The zero-order valence-electron chi connectivity index (χ0n) is 37.6. The number of ether oxygens (including phenoxy) is 2. The molecule has 1 aromatic carbocycles. The molecular formula is C47H56F2N12O6. The van der Waals surface area contributed by atoms with Gasteiger partial charge in [0.25, 0.3) is 12.3 Å². The molecule has 354 valence electrons. The Morgan fingerprint density at radius 1 is 0.985 bits per heavy atom. The summed E-state index contributed by atoms with van der Waals surface area (Å²) in [7, 11) is 1.78. The first-order valence-electron chi connectivity index (χ1n) is 24.0. The van der Waals surface area contributed by atoms with Gasteiger partial charge in [0.15, 0.2) is 11.3 Å².